The molecule has 0 aliphatic carbocycles. The maximum absolute atomic E-state index is 11.6. The monoisotopic (exact) mass is 289 g/mol. The van der Waals surface area contributed by atoms with Gasteiger partial charge in [0, 0.05) is 12.7 Å². The van der Waals surface area contributed by atoms with E-state index in [1.54, 1.807) is 6.20 Å². The van der Waals surface area contributed by atoms with Crippen molar-refractivity contribution < 1.29 is 4.79 Å². The molecule has 2 amide bonds. The van der Waals surface area contributed by atoms with Crippen molar-refractivity contribution in [2.45, 2.75) is 27.2 Å². The first-order valence-electron chi connectivity index (χ1n) is 7.66. The van der Waals surface area contributed by atoms with Gasteiger partial charge in [-0.05, 0) is 50.2 Å². The van der Waals surface area contributed by atoms with Crippen LogP contribution >= 0.6 is 0 Å². The van der Waals surface area contributed by atoms with Gasteiger partial charge in [-0.3, -0.25) is 0 Å². The molecule has 0 aliphatic heterocycles. The van der Waals surface area contributed by atoms with Crippen molar-refractivity contribution >= 4 is 12.1 Å². The van der Waals surface area contributed by atoms with Crippen LogP contribution in [-0.4, -0.2) is 37.1 Å². The van der Waals surface area contributed by atoms with E-state index in [0.29, 0.717) is 6.54 Å². The largest absolute Gasteiger partial charge is 0.338 e. The number of hydrogen-bond donors (Lipinski definition) is 2. The average Bonchev–Trinajstić information content (AvgIpc) is 2.49. The Morgan fingerprint density at radius 3 is 2.62 bits per heavy atom. The summed E-state index contributed by atoms with van der Waals surface area (Å²) in [6.07, 6.45) is 4.56. The number of urea groups is 1. The third kappa shape index (κ3) is 6.95. The van der Waals surface area contributed by atoms with Crippen molar-refractivity contribution in [1.29, 1.82) is 0 Å². The highest BCUT2D eigenvalue weighted by atomic mass is 16.2. The molecule has 0 unspecified atom stereocenters. The second kappa shape index (κ2) is 10.00. The Labute approximate surface area is 128 Å². The lowest BCUT2D eigenvalue weighted by atomic mass is 10.1. The Morgan fingerprint density at radius 1 is 1.24 bits per heavy atom. The summed E-state index contributed by atoms with van der Waals surface area (Å²) in [5, 5.41) is 5.59. The zero-order valence-electron chi connectivity index (χ0n) is 13.4. The van der Waals surface area contributed by atoms with Gasteiger partial charge < -0.3 is 15.5 Å². The lowest BCUT2D eigenvalue weighted by Crippen LogP contribution is -2.34. The number of benzene rings is 1. The van der Waals surface area contributed by atoms with Gasteiger partial charge in [-0.2, -0.15) is 0 Å². The Morgan fingerprint density at radius 2 is 1.95 bits per heavy atom. The summed E-state index contributed by atoms with van der Waals surface area (Å²) in [5.41, 5.74) is 2.30. The normalized spacial score (nSPS) is 11.0. The molecule has 1 aromatic carbocycles. The van der Waals surface area contributed by atoms with E-state index >= 15 is 0 Å². The summed E-state index contributed by atoms with van der Waals surface area (Å²) < 4.78 is 0. The van der Waals surface area contributed by atoms with E-state index < -0.39 is 0 Å². The van der Waals surface area contributed by atoms with Crippen molar-refractivity contribution in [3.05, 3.63) is 41.6 Å². The van der Waals surface area contributed by atoms with Crippen molar-refractivity contribution in [1.82, 2.24) is 15.5 Å². The van der Waals surface area contributed by atoms with E-state index in [0.717, 1.165) is 31.6 Å². The van der Waals surface area contributed by atoms with Gasteiger partial charge in [0.25, 0.3) is 0 Å². The van der Waals surface area contributed by atoms with Crippen molar-refractivity contribution in [3.8, 4) is 0 Å². The molecule has 0 bridgehead atoms. The van der Waals surface area contributed by atoms with Gasteiger partial charge in [-0.15, -0.1) is 0 Å². The molecule has 0 saturated carbocycles. The molecule has 0 fully saturated rings. The molecule has 0 aromatic heterocycles. The van der Waals surface area contributed by atoms with E-state index in [1.807, 2.05) is 37.3 Å². The molecule has 116 valence electrons. The third-order valence-corrected chi connectivity index (χ3v) is 3.50. The predicted molar refractivity (Wildman–Crippen MR) is 89.2 cm³/mol. The van der Waals surface area contributed by atoms with Crippen LogP contribution in [0.1, 0.15) is 31.4 Å². The first-order chi connectivity index (χ1) is 10.2. The Kier molecular flexibility index (Phi) is 8.21. The molecule has 1 aromatic rings. The number of nitrogens with one attached hydrogen (secondary N) is 2. The zero-order valence-corrected chi connectivity index (χ0v) is 13.4. The SMILES string of the molecule is CCN(CC)CCCNC(=O)N/C=C/c1ccccc1C. The molecule has 4 nitrogen and oxygen atoms in total. The fraction of sp³-hybridized carbons (Fsp3) is 0.471. The molecule has 0 spiro atoms. The van der Waals surface area contributed by atoms with E-state index in [1.165, 1.54) is 5.56 Å². The second-order valence-corrected chi connectivity index (χ2v) is 4.97. The summed E-state index contributed by atoms with van der Waals surface area (Å²) in [6.45, 7) is 10.2. The van der Waals surface area contributed by atoms with Gasteiger partial charge >= 0.3 is 6.03 Å². The third-order valence-electron chi connectivity index (χ3n) is 3.50. The number of aryl methyl sites for hydroxylation is 1. The number of hydrogen-bond acceptors (Lipinski definition) is 2. The summed E-state index contributed by atoms with van der Waals surface area (Å²) in [4.78, 5) is 14.0. The second-order valence-electron chi connectivity index (χ2n) is 4.97. The summed E-state index contributed by atoms with van der Waals surface area (Å²) in [7, 11) is 0. The summed E-state index contributed by atoms with van der Waals surface area (Å²) in [5.74, 6) is 0. The summed E-state index contributed by atoms with van der Waals surface area (Å²) in [6, 6.07) is 7.91. The smallest absolute Gasteiger partial charge is 0.318 e. The minimum atomic E-state index is -0.153. The molecule has 2 N–H and O–H groups in total. The molecule has 0 heterocycles. The van der Waals surface area contributed by atoms with Crippen LogP contribution in [0.25, 0.3) is 6.08 Å². The van der Waals surface area contributed by atoms with Crippen LogP contribution in [-0.2, 0) is 0 Å². The Balaban J connectivity index is 2.21. The average molecular weight is 289 g/mol. The van der Waals surface area contributed by atoms with Crippen molar-refractivity contribution in [3.63, 3.8) is 0 Å². The lowest BCUT2D eigenvalue weighted by molar-refractivity contribution is 0.242. The minimum Gasteiger partial charge on any atom is -0.338 e. The maximum Gasteiger partial charge on any atom is 0.318 e. The predicted octanol–water partition coefficient (Wildman–Crippen LogP) is 3.00. The van der Waals surface area contributed by atoms with Crippen LogP contribution in [0.15, 0.2) is 30.5 Å². The topological polar surface area (TPSA) is 44.4 Å². The number of carbonyl (C=O) groups is 1. The highest BCUT2D eigenvalue weighted by molar-refractivity contribution is 5.75. The van der Waals surface area contributed by atoms with Crippen LogP contribution < -0.4 is 10.6 Å². The van der Waals surface area contributed by atoms with E-state index in [9.17, 15) is 4.79 Å². The number of amides is 2. The van der Waals surface area contributed by atoms with E-state index in [4.69, 9.17) is 0 Å². The quantitative estimate of drug-likeness (QED) is 0.723. The zero-order chi connectivity index (χ0) is 15.5. The fourth-order valence-corrected chi connectivity index (χ4v) is 2.08. The first-order valence-corrected chi connectivity index (χ1v) is 7.66. The summed E-state index contributed by atoms with van der Waals surface area (Å²) >= 11 is 0. The van der Waals surface area contributed by atoms with Gasteiger partial charge in [0.05, 0.1) is 0 Å². The van der Waals surface area contributed by atoms with Gasteiger partial charge in [-0.25, -0.2) is 4.79 Å². The number of rotatable bonds is 8. The van der Waals surface area contributed by atoms with Crippen LogP contribution in [0.2, 0.25) is 0 Å². The van der Waals surface area contributed by atoms with Crippen LogP contribution in [0.5, 0.6) is 0 Å². The van der Waals surface area contributed by atoms with Gasteiger partial charge in [0.1, 0.15) is 0 Å². The molecule has 4 heteroatoms. The van der Waals surface area contributed by atoms with Crippen LogP contribution in [0, 0.1) is 6.92 Å². The molecule has 0 atom stereocenters. The van der Waals surface area contributed by atoms with Gasteiger partial charge in [0.15, 0.2) is 0 Å². The fourth-order valence-electron chi connectivity index (χ4n) is 2.08. The van der Waals surface area contributed by atoms with E-state index in [-0.39, 0.29) is 6.03 Å². The van der Waals surface area contributed by atoms with Crippen molar-refractivity contribution in [2.75, 3.05) is 26.2 Å². The molecular formula is C17H27N3O. The standard InChI is InChI=1S/C17H27N3O/c1-4-20(5-2)14-8-12-18-17(21)19-13-11-16-10-7-6-9-15(16)3/h6-7,9-11,13H,4-5,8,12,14H2,1-3H3,(H2,18,19,21)/b13-11+. The number of nitrogens with zero attached hydrogens (tertiary/aromatic N) is 1. The highest BCUT2D eigenvalue weighted by Gasteiger charge is 2.00. The molecule has 0 radical (unpaired) electrons. The van der Waals surface area contributed by atoms with Gasteiger partial charge in [-0.1, -0.05) is 38.1 Å². The molecule has 21 heavy (non-hydrogen) atoms. The molecule has 1 rings (SSSR count). The Bertz CT molecular complexity index is 453. The minimum absolute atomic E-state index is 0.153. The Hall–Kier alpha value is -1.81. The molecule has 0 saturated heterocycles. The first kappa shape index (κ1) is 17.2. The molecular weight excluding hydrogens is 262 g/mol. The molecule has 0 aliphatic rings. The van der Waals surface area contributed by atoms with Gasteiger partial charge in [0.2, 0.25) is 0 Å². The van der Waals surface area contributed by atoms with Crippen LogP contribution in [0.3, 0.4) is 0 Å². The lowest BCUT2D eigenvalue weighted by Gasteiger charge is -2.17. The highest BCUT2D eigenvalue weighted by Crippen LogP contribution is 2.07. The maximum atomic E-state index is 11.6. The number of carbonyl (C=O) groups excluding carboxylic acids is 1. The van der Waals surface area contributed by atoms with E-state index in [2.05, 4.69) is 29.4 Å². The van der Waals surface area contributed by atoms with Crippen molar-refractivity contribution in [2.24, 2.45) is 0 Å². The van der Waals surface area contributed by atoms with Crippen LogP contribution in [0.4, 0.5) is 4.79 Å².